The number of aromatic nitrogens is 3. The summed E-state index contributed by atoms with van der Waals surface area (Å²) in [4.78, 5) is 30.9. The predicted octanol–water partition coefficient (Wildman–Crippen LogP) is 3.69. The topological polar surface area (TPSA) is 97.6 Å². The van der Waals surface area contributed by atoms with Crippen LogP contribution in [0.25, 0.3) is 16.3 Å². The highest BCUT2D eigenvalue weighted by atomic mass is 32.1. The Morgan fingerprint density at radius 3 is 2.52 bits per heavy atom. The van der Waals surface area contributed by atoms with Crippen LogP contribution in [-0.2, 0) is 16.0 Å². The summed E-state index contributed by atoms with van der Waals surface area (Å²) < 4.78 is 7.01. The molecule has 0 saturated carbocycles. The van der Waals surface area contributed by atoms with Gasteiger partial charge in [-0.25, -0.2) is 4.52 Å². The van der Waals surface area contributed by atoms with Gasteiger partial charge in [0, 0.05) is 29.1 Å². The molecule has 2 heterocycles. The maximum absolute atomic E-state index is 12.2. The van der Waals surface area contributed by atoms with Crippen molar-refractivity contribution in [2.24, 2.45) is 0 Å². The third-order valence-electron chi connectivity index (χ3n) is 5.56. The van der Waals surface area contributed by atoms with Crippen molar-refractivity contribution < 1.29 is 14.3 Å². The number of carbonyl (C=O) groups is 2. The van der Waals surface area contributed by atoms with Gasteiger partial charge in [0.2, 0.25) is 4.96 Å². The average molecular weight is 464 g/mol. The quantitative estimate of drug-likeness (QED) is 0.425. The molecule has 2 amide bonds. The molecule has 170 valence electrons. The summed E-state index contributed by atoms with van der Waals surface area (Å²) in [7, 11) is 1.63. The zero-order chi connectivity index (χ0) is 23.5. The Balaban J connectivity index is 1.36. The van der Waals surface area contributed by atoms with E-state index in [1.54, 1.807) is 13.2 Å². The van der Waals surface area contributed by atoms with Crippen LogP contribution in [0.15, 0.2) is 42.5 Å². The normalized spacial score (nSPS) is 10.9. The van der Waals surface area contributed by atoms with Gasteiger partial charge in [0.15, 0.2) is 5.82 Å². The van der Waals surface area contributed by atoms with Crippen molar-refractivity contribution in [2.75, 3.05) is 19.0 Å². The highest BCUT2D eigenvalue weighted by molar-refractivity contribution is 7.17. The van der Waals surface area contributed by atoms with Gasteiger partial charge in [0.25, 0.3) is 0 Å². The number of methoxy groups -OCH3 is 1. The van der Waals surface area contributed by atoms with Gasteiger partial charge in [-0.15, -0.1) is 5.10 Å². The van der Waals surface area contributed by atoms with Gasteiger partial charge in [-0.3, -0.25) is 9.59 Å². The number of hydrogen-bond donors (Lipinski definition) is 2. The Morgan fingerprint density at radius 1 is 1.06 bits per heavy atom. The van der Waals surface area contributed by atoms with Gasteiger partial charge in [-0.2, -0.15) is 4.98 Å². The highest BCUT2D eigenvalue weighted by Gasteiger charge is 2.17. The molecule has 0 radical (unpaired) electrons. The van der Waals surface area contributed by atoms with E-state index in [9.17, 15) is 9.59 Å². The minimum absolute atomic E-state index is 0.342. The molecule has 9 heteroatoms. The zero-order valence-corrected chi connectivity index (χ0v) is 19.7. The van der Waals surface area contributed by atoms with Crippen molar-refractivity contribution in [2.45, 2.75) is 27.2 Å². The molecule has 8 nitrogen and oxygen atoms in total. The van der Waals surface area contributed by atoms with Crippen LogP contribution in [-0.4, -0.2) is 40.1 Å². The maximum atomic E-state index is 12.2. The Kier molecular flexibility index (Phi) is 6.41. The van der Waals surface area contributed by atoms with Gasteiger partial charge >= 0.3 is 11.8 Å². The molecule has 33 heavy (non-hydrogen) atoms. The second-order valence-corrected chi connectivity index (χ2v) is 8.74. The highest BCUT2D eigenvalue weighted by Crippen LogP contribution is 2.26. The predicted molar refractivity (Wildman–Crippen MR) is 129 cm³/mol. The van der Waals surface area contributed by atoms with Crippen LogP contribution >= 0.6 is 11.3 Å². The molecule has 0 bridgehead atoms. The summed E-state index contributed by atoms with van der Waals surface area (Å²) in [6.07, 6.45) is 0.585. The van der Waals surface area contributed by atoms with Crippen LogP contribution in [0.5, 0.6) is 5.75 Å². The minimum Gasteiger partial charge on any atom is -0.497 e. The Morgan fingerprint density at radius 2 is 1.82 bits per heavy atom. The van der Waals surface area contributed by atoms with Crippen LogP contribution in [0.3, 0.4) is 0 Å². The van der Waals surface area contributed by atoms with Crippen molar-refractivity contribution in [3.63, 3.8) is 0 Å². The zero-order valence-electron chi connectivity index (χ0n) is 18.9. The third-order valence-corrected chi connectivity index (χ3v) is 6.75. The van der Waals surface area contributed by atoms with Crippen LogP contribution < -0.4 is 15.4 Å². The van der Waals surface area contributed by atoms with Crippen molar-refractivity contribution in [1.29, 1.82) is 0 Å². The number of fused-ring (bicyclic) bond motifs is 1. The van der Waals surface area contributed by atoms with Gasteiger partial charge in [-0.05, 0) is 62.2 Å². The van der Waals surface area contributed by atoms with Crippen LogP contribution in [0.2, 0.25) is 0 Å². The van der Waals surface area contributed by atoms with Crippen molar-refractivity contribution in [1.82, 2.24) is 19.9 Å². The molecule has 0 spiro atoms. The summed E-state index contributed by atoms with van der Waals surface area (Å²) in [6.45, 7) is 6.18. The average Bonchev–Trinajstić information content (AvgIpc) is 3.36. The molecule has 0 aliphatic carbocycles. The lowest BCUT2D eigenvalue weighted by Crippen LogP contribution is -2.36. The van der Waals surface area contributed by atoms with Gasteiger partial charge < -0.3 is 15.4 Å². The summed E-state index contributed by atoms with van der Waals surface area (Å²) in [6, 6.07) is 13.2. The second-order valence-electron chi connectivity index (χ2n) is 7.68. The van der Waals surface area contributed by atoms with E-state index in [4.69, 9.17) is 4.74 Å². The van der Waals surface area contributed by atoms with E-state index < -0.39 is 11.8 Å². The molecule has 4 rings (SSSR count). The molecule has 0 aliphatic heterocycles. The number of hydrogen-bond acceptors (Lipinski definition) is 6. The second kappa shape index (κ2) is 9.41. The Bertz CT molecular complexity index is 1320. The monoisotopic (exact) mass is 463 g/mol. The van der Waals surface area contributed by atoms with E-state index >= 15 is 0 Å². The van der Waals surface area contributed by atoms with E-state index in [-0.39, 0.29) is 0 Å². The number of thiazole rings is 1. The number of anilines is 1. The van der Waals surface area contributed by atoms with Gasteiger partial charge in [0.1, 0.15) is 5.75 Å². The van der Waals surface area contributed by atoms with E-state index in [0.717, 1.165) is 38.0 Å². The first-order valence-electron chi connectivity index (χ1n) is 10.5. The molecule has 0 fully saturated rings. The molecule has 0 atom stereocenters. The number of ether oxygens (including phenoxy) is 1. The standard InChI is InChI=1S/C24H25N5O3S/c1-14-6-5-7-19(15(14)2)26-23(31)22(30)25-13-12-20-16(3)29-24(33-20)27-21(28-29)17-8-10-18(32-4)11-9-17/h5-11H,12-13H2,1-4H3,(H,25,30)(H,26,31). The molecule has 4 aromatic rings. The lowest BCUT2D eigenvalue weighted by atomic mass is 10.1. The SMILES string of the molecule is COc1ccc(-c2nc3sc(CCNC(=O)C(=O)Nc4cccc(C)c4C)c(C)n3n2)cc1. The first kappa shape index (κ1) is 22.5. The Hall–Kier alpha value is -3.72. The fourth-order valence-corrected chi connectivity index (χ4v) is 4.47. The van der Waals surface area contributed by atoms with E-state index in [1.807, 2.05) is 61.7 Å². The maximum Gasteiger partial charge on any atom is 0.313 e. The van der Waals surface area contributed by atoms with E-state index in [2.05, 4.69) is 20.7 Å². The summed E-state index contributed by atoms with van der Waals surface area (Å²) >= 11 is 1.53. The van der Waals surface area contributed by atoms with Crippen molar-refractivity contribution in [3.05, 3.63) is 64.2 Å². The lowest BCUT2D eigenvalue weighted by molar-refractivity contribution is -0.136. The largest absolute Gasteiger partial charge is 0.497 e. The molecule has 0 unspecified atom stereocenters. The number of aryl methyl sites for hydroxylation is 2. The molecule has 2 N–H and O–H groups in total. The number of benzene rings is 2. The van der Waals surface area contributed by atoms with E-state index in [0.29, 0.717) is 24.5 Å². The first-order chi connectivity index (χ1) is 15.9. The number of carbonyl (C=O) groups excluding carboxylic acids is 2. The minimum atomic E-state index is -0.674. The number of rotatable bonds is 6. The molecule has 0 aliphatic rings. The van der Waals surface area contributed by atoms with Crippen molar-refractivity contribution >= 4 is 33.8 Å². The Labute approximate surface area is 195 Å². The van der Waals surface area contributed by atoms with Crippen LogP contribution in [0.1, 0.15) is 21.7 Å². The smallest absolute Gasteiger partial charge is 0.313 e. The molecular weight excluding hydrogens is 438 g/mol. The molecule has 2 aromatic heterocycles. The van der Waals surface area contributed by atoms with Gasteiger partial charge in [0.05, 0.1) is 12.8 Å². The summed E-state index contributed by atoms with van der Waals surface area (Å²) in [5.41, 5.74) is 4.52. The molecule has 0 saturated heterocycles. The fraction of sp³-hybridized carbons (Fsp3) is 0.250. The van der Waals surface area contributed by atoms with E-state index in [1.165, 1.54) is 11.3 Å². The number of nitrogens with one attached hydrogen (secondary N) is 2. The third kappa shape index (κ3) is 4.73. The molecular formula is C24H25N5O3S. The fourth-order valence-electron chi connectivity index (χ4n) is 3.41. The summed E-state index contributed by atoms with van der Waals surface area (Å²) in [5, 5.41) is 9.98. The van der Waals surface area contributed by atoms with Crippen LogP contribution in [0.4, 0.5) is 5.69 Å². The molecule has 2 aromatic carbocycles. The number of nitrogens with zero attached hydrogens (tertiary/aromatic N) is 3. The lowest BCUT2D eigenvalue weighted by Gasteiger charge is -2.10. The summed E-state index contributed by atoms with van der Waals surface area (Å²) in [5.74, 6) is 0.0972. The number of amides is 2. The van der Waals surface area contributed by atoms with Crippen LogP contribution in [0, 0.1) is 20.8 Å². The van der Waals surface area contributed by atoms with Crippen molar-refractivity contribution in [3.8, 4) is 17.1 Å². The first-order valence-corrected chi connectivity index (χ1v) is 11.3. The van der Waals surface area contributed by atoms with Gasteiger partial charge in [-0.1, -0.05) is 23.5 Å².